The number of hydrogen-bond acceptors (Lipinski definition) is 4. The van der Waals surface area contributed by atoms with Crippen LogP contribution in [0.3, 0.4) is 0 Å². The van der Waals surface area contributed by atoms with Crippen LogP contribution in [-0.4, -0.2) is 58.8 Å². The Kier molecular flexibility index (Phi) is 15.9. The van der Waals surface area contributed by atoms with Crippen LogP contribution in [0.1, 0.15) is 84.0 Å². The Bertz CT molecular complexity index is 463. The van der Waals surface area contributed by atoms with E-state index in [9.17, 15) is 19.5 Å². The van der Waals surface area contributed by atoms with E-state index >= 15 is 0 Å². The van der Waals surface area contributed by atoms with Gasteiger partial charge in [-0.2, -0.15) is 0 Å². The lowest BCUT2D eigenvalue weighted by atomic mass is 10.1. The van der Waals surface area contributed by atoms with Gasteiger partial charge in [-0.25, -0.2) is 9.59 Å². The van der Waals surface area contributed by atoms with Gasteiger partial charge in [-0.05, 0) is 32.1 Å². The van der Waals surface area contributed by atoms with Crippen LogP contribution in [0.2, 0.25) is 0 Å². The molecular formula is C22H39NO6. The molecular weight excluding hydrogens is 374 g/mol. The second-order valence-corrected chi connectivity index (χ2v) is 7.90. The molecule has 0 heterocycles. The normalized spacial score (nSPS) is 11.8. The molecule has 0 saturated carbocycles. The molecule has 0 aromatic rings. The summed E-state index contributed by atoms with van der Waals surface area (Å²) in [7, 11) is 0. The van der Waals surface area contributed by atoms with Crippen LogP contribution in [0.15, 0.2) is 12.2 Å². The van der Waals surface area contributed by atoms with Crippen molar-refractivity contribution in [2.45, 2.75) is 84.0 Å². The van der Waals surface area contributed by atoms with E-state index in [-0.39, 0.29) is 6.54 Å². The summed E-state index contributed by atoms with van der Waals surface area (Å²) in [6.07, 6.45) is 17.7. The largest absolute Gasteiger partial charge is 0.544 e. The molecule has 0 aromatic carbocycles. The third-order valence-corrected chi connectivity index (χ3v) is 5.06. The Morgan fingerprint density at radius 1 is 0.724 bits per heavy atom. The standard InChI is InChI=1S/C22H39NO6/c1-2-3-4-5-6-7-8-9-10-11-12-13-14-15-16-23(17-20(24)25,18-21(26)27)19-22(28)29/h3-4H,2,5-19H2,1H3,(H2-,24,25,26,27,28,29)/b4-3+. The molecule has 7 nitrogen and oxygen atoms in total. The third-order valence-electron chi connectivity index (χ3n) is 5.06. The predicted molar refractivity (Wildman–Crippen MR) is 110 cm³/mol. The summed E-state index contributed by atoms with van der Waals surface area (Å²) in [6.45, 7) is 0.737. The summed E-state index contributed by atoms with van der Waals surface area (Å²) in [5, 5.41) is 29.1. The van der Waals surface area contributed by atoms with Crippen molar-refractivity contribution in [3.8, 4) is 0 Å². The third kappa shape index (κ3) is 16.7. The van der Waals surface area contributed by atoms with E-state index in [0.29, 0.717) is 6.42 Å². The van der Waals surface area contributed by atoms with E-state index in [1.165, 1.54) is 44.9 Å². The highest BCUT2D eigenvalue weighted by atomic mass is 16.4. The lowest BCUT2D eigenvalue weighted by Crippen LogP contribution is -2.59. The lowest BCUT2D eigenvalue weighted by Gasteiger charge is -2.36. The van der Waals surface area contributed by atoms with Gasteiger partial charge in [-0.3, -0.25) is 0 Å². The number of carboxylic acids is 3. The van der Waals surface area contributed by atoms with Crippen molar-refractivity contribution in [1.82, 2.24) is 0 Å². The Labute approximate surface area is 175 Å². The summed E-state index contributed by atoms with van der Waals surface area (Å²) in [5.74, 6) is -3.82. The first-order chi connectivity index (χ1) is 13.8. The minimum atomic E-state index is -1.42. The first-order valence-corrected chi connectivity index (χ1v) is 10.9. The van der Waals surface area contributed by atoms with Gasteiger partial charge in [0, 0.05) is 0 Å². The Morgan fingerprint density at radius 3 is 1.59 bits per heavy atom. The second kappa shape index (κ2) is 17.0. The molecule has 0 aliphatic rings. The number of nitrogens with zero attached hydrogens (tertiary/aromatic N) is 1. The molecule has 2 N–H and O–H groups in total. The van der Waals surface area contributed by atoms with Crippen molar-refractivity contribution in [2.75, 3.05) is 26.2 Å². The fraction of sp³-hybridized carbons (Fsp3) is 0.773. The molecule has 0 spiro atoms. The van der Waals surface area contributed by atoms with Crippen molar-refractivity contribution >= 4 is 17.9 Å². The monoisotopic (exact) mass is 413 g/mol. The average Bonchev–Trinajstić information content (AvgIpc) is 2.60. The van der Waals surface area contributed by atoms with Gasteiger partial charge in [0.15, 0.2) is 13.1 Å². The van der Waals surface area contributed by atoms with E-state index < -0.39 is 42.0 Å². The lowest BCUT2D eigenvalue weighted by molar-refractivity contribution is -0.909. The fourth-order valence-corrected chi connectivity index (χ4v) is 3.66. The first kappa shape index (κ1) is 27.1. The van der Waals surface area contributed by atoms with E-state index in [4.69, 9.17) is 10.2 Å². The van der Waals surface area contributed by atoms with Gasteiger partial charge in [-0.1, -0.05) is 64.0 Å². The van der Waals surface area contributed by atoms with Crippen molar-refractivity contribution < 1.29 is 34.2 Å². The van der Waals surface area contributed by atoms with E-state index in [2.05, 4.69) is 19.1 Å². The van der Waals surface area contributed by atoms with Gasteiger partial charge < -0.3 is 24.6 Å². The number of carboxylic acid groups (broad SMARTS) is 3. The minimum Gasteiger partial charge on any atom is -0.544 e. The summed E-state index contributed by atoms with van der Waals surface area (Å²) < 4.78 is -0.500. The molecule has 0 aliphatic carbocycles. The number of unbranched alkanes of at least 4 members (excludes halogenated alkanes) is 10. The number of carbonyl (C=O) groups is 3. The highest BCUT2D eigenvalue weighted by molar-refractivity contribution is 5.72. The van der Waals surface area contributed by atoms with Crippen molar-refractivity contribution in [2.24, 2.45) is 0 Å². The quantitative estimate of drug-likeness (QED) is 0.180. The Hall–Kier alpha value is -1.89. The van der Waals surface area contributed by atoms with E-state index in [1.807, 2.05) is 0 Å². The van der Waals surface area contributed by atoms with Gasteiger partial charge in [0.25, 0.3) is 0 Å². The minimum absolute atomic E-state index is 0.221. The number of aliphatic carboxylic acids is 3. The smallest absolute Gasteiger partial charge is 0.359 e. The SMILES string of the molecule is CC/C=C/CCCCCCCCCCCC[N+](CC(=O)[O-])(CC(=O)O)CC(=O)O. The van der Waals surface area contributed by atoms with E-state index in [0.717, 1.165) is 25.7 Å². The zero-order valence-corrected chi connectivity index (χ0v) is 17.9. The first-order valence-electron chi connectivity index (χ1n) is 10.9. The Morgan fingerprint density at radius 2 is 1.17 bits per heavy atom. The van der Waals surface area contributed by atoms with Crippen molar-refractivity contribution in [3.63, 3.8) is 0 Å². The van der Waals surface area contributed by atoms with Crippen molar-refractivity contribution in [1.29, 1.82) is 0 Å². The highest BCUT2D eigenvalue weighted by Gasteiger charge is 2.33. The molecule has 0 atom stereocenters. The van der Waals surface area contributed by atoms with Crippen LogP contribution < -0.4 is 5.11 Å². The maximum atomic E-state index is 11.1. The summed E-state index contributed by atoms with van der Waals surface area (Å²) >= 11 is 0. The van der Waals surface area contributed by atoms with Crippen LogP contribution in [0.4, 0.5) is 0 Å². The summed E-state index contributed by atoms with van der Waals surface area (Å²) in [4.78, 5) is 33.2. The van der Waals surface area contributed by atoms with Crippen LogP contribution in [0.5, 0.6) is 0 Å². The molecule has 0 rings (SSSR count). The molecule has 168 valence electrons. The zero-order chi connectivity index (χ0) is 22.0. The molecule has 0 radical (unpaired) electrons. The summed E-state index contributed by atoms with van der Waals surface area (Å²) in [6, 6.07) is 0. The predicted octanol–water partition coefficient (Wildman–Crippen LogP) is 2.98. The highest BCUT2D eigenvalue weighted by Crippen LogP contribution is 2.14. The maximum Gasteiger partial charge on any atom is 0.359 e. The second-order valence-electron chi connectivity index (χ2n) is 7.90. The molecule has 0 unspecified atom stereocenters. The van der Waals surface area contributed by atoms with Crippen LogP contribution in [0.25, 0.3) is 0 Å². The summed E-state index contributed by atoms with van der Waals surface area (Å²) in [5.41, 5.74) is 0. The molecule has 0 bridgehead atoms. The average molecular weight is 414 g/mol. The van der Waals surface area contributed by atoms with Gasteiger partial charge in [0.1, 0.15) is 6.54 Å². The maximum absolute atomic E-state index is 11.1. The van der Waals surface area contributed by atoms with Gasteiger partial charge in [0.2, 0.25) is 0 Å². The number of quaternary nitrogens is 1. The van der Waals surface area contributed by atoms with Gasteiger partial charge >= 0.3 is 11.9 Å². The molecule has 0 amide bonds. The number of rotatable bonds is 20. The van der Waals surface area contributed by atoms with Crippen LogP contribution >= 0.6 is 0 Å². The molecule has 0 saturated heterocycles. The molecule has 0 aromatic heterocycles. The van der Waals surface area contributed by atoms with Gasteiger partial charge in [0.05, 0.1) is 12.5 Å². The molecule has 7 heteroatoms. The van der Waals surface area contributed by atoms with Crippen molar-refractivity contribution in [3.05, 3.63) is 12.2 Å². The topological polar surface area (TPSA) is 115 Å². The van der Waals surface area contributed by atoms with E-state index in [1.54, 1.807) is 0 Å². The van der Waals surface area contributed by atoms with Gasteiger partial charge in [-0.15, -0.1) is 0 Å². The Balaban J connectivity index is 3.97. The van der Waals surface area contributed by atoms with Crippen LogP contribution in [0, 0.1) is 0 Å². The fourth-order valence-electron chi connectivity index (χ4n) is 3.66. The number of allylic oxidation sites excluding steroid dienone is 2. The van der Waals surface area contributed by atoms with Crippen LogP contribution in [-0.2, 0) is 14.4 Å². The zero-order valence-electron chi connectivity index (χ0n) is 17.9. The number of carbonyl (C=O) groups excluding carboxylic acids is 1. The number of hydrogen-bond donors (Lipinski definition) is 2. The molecule has 29 heavy (non-hydrogen) atoms. The molecule has 0 aliphatic heterocycles. The molecule has 0 fully saturated rings.